The molecular weight excluding hydrogens is 324 g/mol. The fraction of sp³-hybridized carbons (Fsp3) is 0.0769. The monoisotopic (exact) mass is 331 g/mol. The van der Waals surface area contributed by atoms with Gasteiger partial charge in [0.05, 0.1) is 0 Å². The number of hydrogen-bond acceptors (Lipinski definition) is 1. The van der Waals surface area contributed by atoms with Crippen molar-refractivity contribution in [2.45, 2.75) is 6.54 Å². The molecule has 0 fully saturated rings. The molecule has 2 aromatic rings. The molecule has 0 aliphatic rings. The van der Waals surface area contributed by atoms with Crippen LogP contribution >= 0.6 is 27.5 Å². The van der Waals surface area contributed by atoms with Crippen LogP contribution < -0.4 is 5.32 Å². The number of nitrogens with one attached hydrogen (secondary N) is 1. The Bertz CT molecular complexity index is 555. The van der Waals surface area contributed by atoms with Crippen LogP contribution in [0.3, 0.4) is 0 Å². The Morgan fingerprint density at radius 2 is 1.89 bits per heavy atom. The quantitative estimate of drug-likeness (QED) is 0.834. The van der Waals surface area contributed by atoms with Crippen molar-refractivity contribution < 1.29 is 8.78 Å². The van der Waals surface area contributed by atoms with Crippen LogP contribution in [-0.2, 0) is 6.54 Å². The molecule has 0 spiro atoms. The molecule has 0 radical (unpaired) electrons. The Kier molecular flexibility index (Phi) is 4.19. The molecule has 2 aromatic carbocycles. The smallest absolute Gasteiger partial charge is 0.129 e. The Hall–Kier alpha value is -1.13. The summed E-state index contributed by atoms with van der Waals surface area (Å²) in [5.74, 6) is -0.749. The van der Waals surface area contributed by atoms with Crippen LogP contribution in [0, 0.1) is 11.6 Å². The van der Waals surface area contributed by atoms with Crippen LogP contribution in [0.4, 0.5) is 14.5 Å². The molecule has 94 valence electrons. The molecule has 0 aliphatic heterocycles. The summed E-state index contributed by atoms with van der Waals surface area (Å²) in [4.78, 5) is 0. The minimum atomic E-state index is -0.429. The van der Waals surface area contributed by atoms with Crippen LogP contribution in [0.5, 0.6) is 0 Å². The molecule has 0 saturated heterocycles. The van der Waals surface area contributed by atoms with E-state index in [0.717, 1.165) is 0 Å². The lowest BCUT2D eigenvalue weighted by Gasteiger charge is -2.08. The minimum Gasteiger partial charge on any atom is -0.381 e. The third-order valence-electron chi connectivity index (χ3n) is 2.36. The summed E-state index contributed by atoms with van der Waals surface area (Å²) in [6.45, 7) is 0.263. The van der Waals surface area contributed by atoms with Gasteiger partial charge in [-0.15, -0.1) is 0 Å². The summed E-state index contributed by atoms with van der Waals surface area (Å²) in [5, 5.41) is 3.22. The molecule has 0 unspecified atom stereocenters. The maximum absolute atomic E-state index is 13.5. The summed E-state index contributed by atoms with van der Waals surface area (Å²) in [6.07, 6.45) is 0. The van der Waals surface area contributed by atoms with Gasteiger partial charge in [0.2, 0.25) is 0 Å². The zero-order chi connectivity index (χ0) is 13.1. The standard InChI is InChI=1S/C13H9BrClF2N/c14-9-2-1-8(13(17)3-9)7-18-12-5-10(15)4-11(16)6-12/h1-6,18H,7H2. The molecule has 0 bridgehead atoms. The maximum Gasteiger partial charge on any atom is 0.129 e. The van der Waals surface area contributed by atoms with Gasteiger partial charge in [-0.3, -0.25) is 0 Å². The first-order valence-electron chi connectivity index (χ1n) is 5.18. The van der Waals surface area contributed by atoms with Gasteiger partial charge in [0.1, 0.15) is 11.6 Å². The average Bonchev–Trinajstić information content (AvgIpc) is 2.26. The van der Waals surface area contributed by atoms with Crippen molar-refractivity contribution in [1.82, 2.24) is 0 Å². The van der Waals surface area contributed by atoms with Gasteiger partial charge in [0, 0.05) is 27.3 Å². The molecule has 0 amide bonds. The second kappa shape index (κ2) is 5.67. The fourth-order valence-electron chi connectivity index (χ4n) is 1.52. The first kappa shape index (κ1) is 13.3. The Morgan fingerprint density at radius 1 is 1.11 bits per heavy atom. The minimum absolute atomic E-state index is 0.263. The van der Waals surface area contributed by atoms with Crippen molar-refractivity contribution in [2.24, 2.45) is 0 Å². The summed E-state index contributed by atoms with van der Waals surface area (Å²) in [5.41, 5.74) is 1.01. The lowest BCUT2D eigenvalue weighted by Crippen LogP contribution is -2.02. The van der Waals surface area contributed by atoms with Crippen LogP contribution in [0.1, 0.15) is 5.56 Å². The summed E-state index contributed by atoms with van der Waals surface area (Å²) >= 11 is 8.91. The van der Waals surface area contributed by atoms with Gasteiger partial charge in [-0.25, -0.2) is 8.78 Å². The Balaban J connectivity index is 2.11. The summed E-state index contributed by atoms with van der Waals surface area (Å²) in [7, 11) is 0. The van der Waals surface area contributed by atoms with E-state index < -0.39 is 5.82 Å². The lowest BCUT2D eigenvalue weighted by molar-refractivity contribution is 0.612. The number of halogens is 4. The van der Waals surface area contributed by atoms with E-state index in [1.54, 1.807) is 18.2 Å². The maximum atomic E-state index is 13.5. The Labute approximate surface area is 117 Å². The topological polar surface area (TPSA) is 12.0 Å². The Morgan fingerprint density at radius 3 is 2.56 bits per heavy atom. The van der Waals surface area contributed by atoms with E-state index in [9.17, 15) is 8.78 Å². The van der Waals surface area contributed by atoms with Crippen LogP contribution in [0.25, 0.3) is 0 Å². The largest absolute Gasteiger partial charge is 0.381 e. The fourth-order valence-corrected chi connectivity index (χ4v) is 2.07. The van der Waals surface area contributed by atoms with Crippen LogP contribution in [-0.4, -0.2) is 0 Å². The predicted molar refractivity (Wildman–Crippen MR) is 72.8 cm³/mol. The van der Waals surface area contributed by atoms with Crippen LogP contribution in [0.2, 0.25) is 5.02 Å². The van der Waals surface area contributed by atoms with Crippen molar-refractivity contribution in [3.63, 3.8) is 0 Å². The molecule has 0 atom stereocenters. The lowest BCUT2D eigenvalue weighted by atomic mass is 10.2. The highest BCUT2D eigenvalue weighted by Crippen LogP contribution is 2.20. The highest BCUT2D eigenvalue weighted by Gasteiger charge is 2.04. The predicted octanol–water partition coefficient (Wildman–Crippen LogP) is 4.99. The van der Waals surface area contributed by atoms with Gasteiger partial charge in [0.25, 0.3) is 0 Å². The van der Waals surface area contributed by atoms with E-state index in [1.807, 2.05) is 0 Å². The zero-order valence-corrected chi connectivity index (χ0v) is 11.5. The second-order valence-corrected chi connectivity index (χ2v) is 5.10. The first-order chi connectivity index (χ1) is 8.54. The van der Waals surface area contributed by atoms with E-state index in [0.29, 0.717) is 20.7 Å². The zero-order valence-electron chi connectivity index (χ0n) is 9.18. The molecule has 2 rings (SSSR count). The molecule has 1 N–H and O–H groups in total. The van der Waals surface area contributed by atoms with Gasteiger partial charge >= 0.3 is 0 Å². The number of benzene rings is 2. The van der Waals surface area contributed by atoms with Crippen LogP contribution in [0.15, 0.2) is 40.9 Å². The van der Waals surface area contributed by atoms with Gasteiger partial charge in [-0.2, -0.15) is 0 Å². The molecule has 0 saturated carbocycles. The first-order valence-corrected chi connectivity index (χ1v) is 6.35. The molecular formula is C13H9BrClF2N. The van der Waals surface area contributed by atoms with Crippen molar-refractivity contribution in [3.05, 3.63) is 63.1 Å². The highest BCUT2D eigenvalue weighted by molar-refractivity contribution is 9.10. The third kappa shape index (κ3) is 3.43. The van der Waals surface area contributed by atoms with Gasteiger partial charge in [-0.05, 0) is 30.3 Å². The second-order valence-electron chi connectivity index (χ2n) is 3.75. The molecule has 0 heterocycles. The normalized spacial score (nSPS) is 10.4. The van der Waals surface area contributed by atoms with Gasteiger partial charge in [0.15, 0.2) is 0 Å². The molecule has 18 heavy (non-hydrogen) atoms. The van der Waals surface area contributed by atoms with Gasteiger partial charge in [-0.1, -0.05) is 33.6 Å². The molecule has 0 aliphatic carbocycles. The van der Waals surface area contributed by atoms with E-state index in [2.05, 4.69) is 21.2 Å². The highest BCUT2D eigenvalue weighted by atomic mass is 79.9. The average molecular weight is 333 g/mol. The van der Waals surface area contributed by atoms with Crippen molar-refractivity contribution in [2.75, 3.05) is 5.32 Å². The molecule has 1 nitrogen and oxygen atoms in total. The van der Waals surface area contributed by atoms with Gasteiger partial charge < -0.3 is 5.32 Å². The number of hydrogen-bond donors (Lipinski definition) is 1. The van der Waals surface area contributed by atoms with Crippen molar-refractivity contribution >= 4 is 33.2 Å². The third-order valence-corrected chi connectivity index (χ3v) is 3.07. The number of rotatable bonds is 3. The summed E-state index contributed by atoms with van der Waals surface area (Å²) < 4.78 is 27.3. The van der Waals surface area contributed by atoms with Crippen molar-refractivity contribution in [1.29, 1.82) is 0 Å². The number of anilines is 1. The summed E-state index contributed by atoms with van der Waals surface area (Å²) in [6, 6.07) is 8.90. The van der Waals surface area contributed by atoms with Crippen molar-refractivity contribution in [3.8, 4) is 0 Å². The van der Waals surface area contributed by atoms with E-state index in [4.69, 9.17) is 11.6 Å². The van der Waals surface area contributed by atoms with E-state index >= 15 is 0 Å². The van der Waals surface area contributed by atoms with E-state index in [-0.39, 0.29) is 12.4 Å². The van der Waals surface area contributed by atoms with E-state index in [1.165, 1.54) is 18.2 Å². The SMILES string of the molecule is Fc1cc(Cl)cc(NCc2ccc(Br)cc2F)c1. The molecule has 0 aromatic heterocycles. The molecule has 5 heteroatoms.